The van der Waals surface area contributed by atoms with Crippen molar-refractivity contribution in [3.63, 3.8) is 0 Å². The molecule has 0 amide bonds. The lowest BCUT2D eigenvalue weighted by Gasteiger charge is -2.07. The predicted octanol–water partition coefficient (Wildman–Crippen LogP) is 4.43. The molecule has 3 heteroatoms. The van der Waals surface area contributed by atoms with Crippen LogP contribution in [0.25, 0.3) is 0 Å². The zero-order valence-corrected chi connectivity index (χ0v) is 11.8. The minimum absolute atomic E-state index is 0.564. The summed E-state index contributed by atoms with van der Waals surface area (Å²) in [4.78, 5) is 0. The first-order valence-corrected chi connectivity index (χ1v) is 6.67. The van der Waals surface area contributed by atoms with Crippen LogP contribution in [0.1, 0.15) is 12.5 Å². The van der Waals surface area contributed by atoms with Gasteiger partial charge in [-0.2, -0.15) is 0 Å². The van der Waals surface area contributed by atoms with E-state index >= 15 is 0 Å². The highest BCUT2D eigenvalue weighted by Crippen LogP contribution is 2.18. The third kappa shape index (κ3) is 3.77. The van der Waals surface area contributed by atoms with Crippen molar-refractivity contribution in [3.8, 4) is 11.5 Å². The summed E-state index contributed by atoms with van der Waals surface area (Å²) in [6, 6.07) is 15.8. The molecule has 0 aliphatic heterocycles. The Bertz CT molecular complexity index is 477. The molecular formula is C15H15BrO2. The largest absolute Gasteiger partial charge is 0.494 e. The van der Waals surface area contributed by atoms with Crippen molar-refractivity contribution in [3.05, 3.63) is 58.6 Å². The molecule has 0 spiro atoms. The van der Waals surface area contributed by atoms with E-state index in [1.807, 2.05) is 55.5 Å². The first-order chi connectivity index (χ1) is 8.78. The van der Waals surface area contributed by atoms with E-state index in [1.165, 1.54) is 0 Å². The lowest BCUT2D eigenvalue weighted by Crippen LogP contribution is -1.96. The van der Waals surface area contributed by atoms with Crippen LogP contribution in [0, 0.1) is 0 Å². The molecule has 0 aromatic heterocycles. The van der Waals surface area contributed by atoms with E-state index in [4.69, 9.17) is 9.47 Å². The first kappa shape index (κ1) is 13.0. The number of hydrogen-bond acceptors (Lipinski definition) is 2. The molecule has 0 saturated heterocycles. The van der Waals surface area contributed by atoms with Crippen LogP contribution in [-0.2, 0) is 6.61 Å². The molecule has 94 valence electrons. The lowest BCUT2D eigenvalue weighted by atomic mass is 10.2. The lowest BCUT2D eigenvalue weighted by molar-refractivity contribution is 0.305. The Kier molecular flexibility index (Phi) is 4.65. The number of ether oxygens (including phenoxy) is 2. The maximum absolute atomic E-state index is 5.69. The second kappa shape index (κ2) is 6.45. The summed E-state index contributed by atoms with van der Waals surface area (Å²) in [7, 11) is 0. The fourth-order valence-electron chi connectivity index (χ4n) is 1.55. The maximum atomic E-state index is 5.69. The van der Waals surface area contributed by atoms with Crippen molar-refractivity contribution < 1.29 is 9.47 Å². The zero-order valence-electron chi connectivity index (χ0n) is 10.2. The average molecular weight is 307 g/mol. The van der Waals surface area contributed by atoms with E-state index in [9.17, 15) is 0 Å². The molecule has 18 heavy (non-hydrogen) atoms. The molecule has 0 aliphatic carbocycles. The van der Waals surface area contributed by atoms with E-state index in [1.54, 1.807) is 0 Å². The van der Waals surface area contributed by atoms with Gasteiger partial charge in [0.2, 0.25) is 0 Å². The highest BCUT2D eigenvalue weighted by molar-refractivity contribution is 9.10. The molecule has 0 unspecified atom stereocenters. The Hall–Kier alpha value is -1.48. The Labute approximate surface area is 116 Å². The molecule has 0 atom stereocenters. The summed E-state index contributed by atoms with van der Waals surface area (Å²) in [5.74, 6) is 1.76. The van der Waals surface area contributed by atoms with E-state index in [-0.39, 0.29) is 0 Å². The summed E-state index contributed by atoms with van der Waals surface area (Å²) in [6.45, 7) is 3.23. The van der Waals surface area contributed by atoms with Gasteiger partial charge in [0.25, 0.3) is 0 Å². The van der Waals surface area contributed by atoms with Crippen molar-refractivity contribution in [2.45, 2.75) is 13.5 Å². The van der Waals surface area contributed by atoms with E-state index in [2.05, 4.69) is 15.9 Å². The molecule has 0 radical (unpaired) electrons. The summed E-state index contributed by atoms with van der Waals surface area (Å²) in [5.41, 5.74) is 1.13. The van der Waals surface area contributed by atoms with E-state index < -0.39 is 0 Å². The maximum Gasteiger partial charge on any atom is 0.119 e. The van der Waals surface area contributed by atoms with Gasteiger partial charge in [0.1, 0.15) is 18.1 Å². The van der Waals surface area contributed by atoms with E-state index in [0.717, 1.165) is 21.5 Å². The van der Waals surface area contributed by atoms with Crippen LogP contribution in [0.2, 0.25) is 0 Å². The molecule has 0 bridgehead atoms. The van der Waals surface area contributed by atoms with Crippen LogP contribution in [0.5, 0.6) is 11.5 Å². The van der Waals surface area contributed by atoms with Crippen molar-refractivity contribution in [1.29, 1.82) is 0 Å². The number of hydrogen-bond donors (Lipinski definition) is 0. The Balaban J connectivity index is 1.91. The van der Waals surface area contributed by atoms with Gasteiger partial charge in [-0.1, -0.05) is 28.1 Å². The third-order valence-corrected chi connectivity index (χ3v) is 2.98. The molecule has 0 fully saturated rings. The monoisotopic (exact) mass is 306 g/mol. The molecule has 0 heterocycles. The van der Waals surface area contributed by atoms with Crippen LogP contribution >= 0.6 is 15.9 Å². The highest BCUT2D eigenvalue weighted by Gasteiger charge is 1.97. The summed E-state index contributed by atoms with van der Waals surface area (Å²) >= 11 is 3.39. The molecule has 2 aromatic carbocycles. The topological polar surface area (TPSA) is 18.5 Å². The molecule has 2 aromatic rings. The van der Waals surface area contributed by atoms with Gasteiger partial charge in [-0.05, 0) is 48.9 Å². The Morgan fingerprint density at radius 2 is 1.39 bits per heavy atom. The SMILES string of the molecule is CCOc1ccc(COc2ccc(Br)cc2)cc1. The van der Waals surface area contributed by atoms with Gasteiger partial charge in [0.05, 0.1) is 6.61 Å². The van der Waals surface area contributed by atoms with Crippen molar-refractivity contribution in [2.75, 3.05) is 6.61 Å². The number of rotatable bonds is 5. The molecular weight excluding hydrogens is 292 g/mol. The average Bonchev–Trinajstić information content (AvgIpc) is 2.40. The molecule has 0 aliphatic rings. The Morgan fingerprint density at radius 3 is 2.00 bits per heavy atom. The second-order valence-corrected chi connectivity index (χ2v) is 4.74. The third-order valence-electron chi connectivity index (χ3n) is 2.45. The van der Waals surface area contributed by atoms with Gasteiger partial charge in [0, 0.05) is 4.47 Å². The van der Waals surface area contributed by atoms with Crippen LogP contribution in [-0.4, -0.2) is 6.61 Å². The minimum atomic E-state index is 0.564. The van der Waals surface area contributed by atoms with Gasteiger partial charge in [-0.15, -0.1) is 0 Å². The van der Waals surface area contributed by atoms with Crippen LogP contribution < -0.4 is 9.47 Å². The second-order valence-electron chi connectivity index (χ2n) is 3.82. The number of benzene rings is 2. The summed E-state index contributed by atoms with van der Waals surface area (Å²) in [5, 5.41) is 0. The summed E-state index contributed by atoms with van der Waals surface area (Å²) < 4.78 is 12.1. The van der Waals surface area contributed by atoms with Crippen LogP contribution in [0.15, 0.2) is 53.0 Å². The minimum Gasteiger partial charge on any atom is -0.494 e. The first-order valence-electron chi connectivity index (χ1n) is 5.88. The number of halogens is 1. The fourth-order valence-corrected chi connectivity index (χ4v) is 1.81. The molecule has 0 N–H and O–H groups in total. The standard InChI is InChI=1S/C15H15BrO2/c1-2-17-14-7-3-12(4-8-14)11-18-15-9-5-13(16)6-10-15/h3-10H,2,11H2,1H3. The quantitative estimate of drug-likeness (QED) is 0.813. The fraction of sp³-hybridized carbons (Fsp3) is 0.200. The van der Waals surface area contributed by atoms with E-state index in [0.29, 0.717) is 13.2 Å². The molecule has 2 rings (SSSR count). The highest BCUT2D eigenvalue weighted by atomic mass is 79.9. The Morgan fingerprint density at radius 1 is 0.833 bits per heavy atom. The zero-order chi connectivity index (χ0) is 12.8. The van der Waals surface area contributed by atoms with Crippen molar-refractivity contribution in [1.82, 2.24) is 0 Å². The van der Waals surface area contributed by atoms with Gasteiger partial charge < -0.3 is 9.47 Å². The van der Waals surface area contributed by atoms with Crippen LogP contribution in [0.3, 0.4) is 0 Å². The summed E-state index contributed by atoms with van der Waals surface area (Å²) in [6.07, 6.45) is 0. The predicted molar refractivity (Wildman–Crippen MR) is 76.1 cm³/mol. The van der Waals surface area contributed by atoms with Gasteiger partial charge >= 0.3 is 0 Å². The van der Waals surface area contributed by atoms with Crippen LogP contribution in [0.4, 0.5) is 0 Å². The molecule has 0 saturated carbocycles. The molecule has 2 nitrogen and oxygen atoms in total. The van der Waals surface area contributed by atoms with Gasteiger partial charge in [0.15, 0.2) is 0 Å². The van der Waals surface area contributed by atoms with Crippen molar-refractivity contribution in [2.24, 2.45) is 0 Å². The van der Waals surface area contributed by atoms with Gasteiger partial charge in [-0.3, -0.25) is 0 Å². The smallest absolute Gasteiger partial charge is 0.119 e. The normalized spacial score (nSPS) is 10.1. The van der Waals surface area contributed by atoms with Crippen molar-refractivity contribution >= 4 is 15.9 Å². The van der Waals surface area contributed by atoms with Gasteiger partial charge in [-0.25, -0.2) is 0 Å².